The average molecular weight is 409 g/mol. The number of sulfone groups is 1. The zero-order valence-electron chi connectivity index (χ0n) is 11.0. The lowest BCUT2D eigenvalue weighted by Crippen LogP contribution is -2.13. The average Bonchev–Trinajstić information content (AvgIpc) is 2.49. The molecule has 2 rings (SSSR count). The maximum absolute atomic E-state index is 12.5. The normalized spacial score (nSPS) is 11.7. The van der Waals surface area contributed by atoms with Gasteiger partial charge in [0, 0.05) is 11.9 Å². The van der Waals surface area contributed by atoms with Crippen molar-refractivity contribution in [1.29, 1.82) is 0 Å². The molecule has 0 saturated carbocycles. The molecule has 0 bridgehead atoms. The molecular weight excluding hydrogens is 402 g/mol. The standard InChI is InChI=1S/C12H7BrF2N2O5S/c13-9-5-16(6-10(11(9)18)17(19)20)7-1-3-8(4-2-7)23(21,22)12(14)15/h1-6,12H. The second kappa shape index (κ2) is 6.16. The van der Waals surface area contributed by atoms with E-state index in [-0.39, 0.29) is 10.2 Å². The summed E-state index contributed by atoms with van der Waals surface area (Å²) in [5, 5.41) is 10.8. The Hall–Kier alpha value is -2.14. The molecule has 0 atom stereocenters. The molecule has 0 N–H and O–H groups in total. The number of hydrogen-bond donors (Lipinski definition) is 0. The van der Waals surface area contributed by atoms with Crippen molar-refractivity contribution in [3.63, 3.8) is 0 Å². The number of aromatic nitrogens is 1. The third-order valence-corrected chi connectivity index (χ3v) is 4.82. The smallest absolute Gasteiger partial charge is 0.316 e. The van der Waals surface area contributed by atoms with Crippen LogP contribution in [0.25, 0.3) is 5.69 Å². The highest BCUT2D eigenvalue weighted by Gasteiger charge is 2.26. The molecule has 0 aliphatic heterocycles. The van der Waals surface area contributed by atoms with Gasteiger partial charge in [-0.1, -0.05) is 0 Å². The predicted octanol–water partition coefficient (Wildman–Crippen LogP) is 2.50. The summed E-state index contributed by atoms with van der Waals surface area (Å²) < 4.78 is 48.7. The summed E-state index contributed by atoms with van der Waals surface area (Å²) in [6, 6.07) is 4.29. The molecule has 0 spiro atoms. The Morgan fingerprint density at radius 2 is 1.74 bits per heavy atom. The topological polar surface area (TPSA) is 99.3 Å². The molecule has 0 aliphatic rings. The fraction of sp³-hybridized carbons (Fsp3) is 0.0833. The van der Waals surface area contributed by atoms with E-state index in [4.69, 9.17) is 0 Å². The van der Waals surface area contributed by atoms with E-state index in [2.05, 4.69) is 15.9 Å². The van der Waals surface area contributed by atoms with Gasteiger partial charge in [-0.2, -0.15) is 8.78 Å². The van der Waals surface area contributed by atoms with Gasteiger partial charge in [0.25, 0.3) is 5.43 Å². The maximum atomic E-state index is 12.5. The molecule has 11 heteroatoms. The lowest BCUT2D eigenvalue weighted by atomic mass is 10.3. The van der Waals surface area contributed by atoms with Gasteiger partial charge in [0.05, 0.1) is 20.5 Å². The first kappa shape index (κ1) is 17.2. The second-order valence-corrected chi connectivity index (χ2v) is 7.06. The van der Waals surface area contributed by atoms with Crippen LogP contribution >= 0.6 is 15.9 Å². The summed E-state index contributed by atoms with van der Waals surface area (Å²) in [5.41, 5.74) is -1.26. The largest absolute Gasteiger partial charge is 0.341 e. The number of rotatable bonds is 4. The van der Waals surface area contributed by atoms with Crippen molar-refractivity contribution in [1.82, 2.24) is 4.57 Å². The number of alkyl halides is 2. The minimum atomic E-state index is -4.72. The van der Waals surface area contributed by atoms with Gasteiger partial charge in [-0.15, -0.1) is 0 Å². The molecule has 0 amide bonds. The van der Waals surface area contributed by atoms with Crippen LogP contribution in [0.1, 0.15) is 0 Å². The van der Waals surface area contributed by atoms with Crippen LogP contribution in [0.3, 0.4) is 0 Å². The fourth-order valence-corrected chi connectivity index (χ4v) is 2.87. The van der Waals surface area contributed by atoms with Crippen molar-refractivity contribution in [3.05, 3.63) is 61.5 Å². The Bertz CT molecular complexity index is 925. The monoisotopic (exact) mass is 408 g/mol. The van der Waals surface area contributed by atoms with Crippen LogP contribution in [0.15, 0.2) is 50.8 Å². The van der Waals surface area contributed by atoms with Crippen LogP contribution in [0.4, 0.5) is 14.5 Å². The van der Waals surface area contributed by atoms with Gasteiger partial charge < -0.3 is 4.57 Å². The molecule has 0 radical (unpaired) electrons. The van der Waals surface area contributed by atoms with E-state index in [1.54, 1.807) is 0 Å². The fourth-order valence-electron chi connectivity index (χ4n) is 1.72. The number of hydrogen-bond acceptors (Lipinski definition) is 5. The van der Waals surface area contributed by atoms with Crippen molar-refractivity contribution >= 4 is 31.5 Å². The summed E-state index contributed by atoms with van der Waals surface area (Å²) in [4.78, 5) is 21.0. The molecule has 1 heterocycles. The first-order valence-electron chi connectivity index (χ1n) is 5.83. The quantitative estimate of drug-likeness (QED) is 0.571. The number of benzene rings is 1. The maximum Gasteiger partial charge on any atom is 0.341 e. The Morgan fingerprint density at radius 1 is 1.17 bits per heavy atom. The van der Waals surface area contributed by atoms with Crippen LogP contribution in [0.5, 0.6) is 0 Å². The minimum absolute atomic E-state index is 0.0732. The van der Waals surface area contributed by atoms with Crippen molar-refractivity contribution in [3.8, 4) is 5.69 Å². The van der Waals surface area contributed by atoms with Crippen LogP contribution < -0.4 is 5.43 Å². The summed E-state index contributed by atoms with van der Waals surface area (Å²) in [7, 11) is -4.72. The highest BCUT2D eigenvalue weighted by atomic mass is 79.9. The summed E-state index contributed by atoms with van der Waals surface area (Å²) in [5.74, 6) is -3.55. The first-order valence-corrected chi connectivity index (χ1v) is 8.17. The highest BCUT2D eigenvalue weighted by Crippen LogP contribution is 2.21. The molecule has 0 saturated heterocycles. The SMILES string of the molecule is O=c1c(Br)cn(-c2ccc(S(=O)(=O)C(F)F)cc2)cc1[N+](=O)[O-]. The number of nitro groups is 1. The van der Waals surface area contributed by atoms with Gasteiger partial charge in [0.2, 0.25) is 9.84 Å². The van der Waals surface area contributed by atoms with E-state index in [1.165, 1.54) is 22.9 Å². The van der Waals surface area contributed by atoms with Crippen molar-refractivity contribution < 1.29 is 22.1 Å². The molecule has 0 unspecified atom stereocenters. The van der Waals surface area contributed by atoms with E-state index in [0.717, 1.165) is 18.3 Å². The van der Waals surface area contributed by atoms with Crippen LogP contribution in [-0.2, 0) is 9.84 Å². The third-order valence-electron chi connectivity index (χ3n) is 2.86. The Kier molecular flexibility index (Phi) is 4.61. The Morgan fingerprint density at radius 3 is 2.22 bits per heavy atom. The number of pyridine rings is 1. The number of halogens is 3. The molecule has 23 heavy (non-hydrogen) atoms. The van der Waals surface area contributed by atoms with E-state index in [1.807, 2.05) is 0 Å². The molecule has 0 aliphatic carbocycles. The van der Waals surface area contributed by atoms with Crippen LogP contribution in [-0.4, -0.2) is 23.7 Å². The van der Waals surface area contributed by atoms with Gasteiger partial charge in [0.15, 0.2) is 0 Å². The summed E-state index contributed by atoms with van der Waals surface area (Å²) in [6.45, 7) is 0. The predicted molar refractivity (Wildman–Crippen MR) is 79.6 cm³/mol. The van der Waals surface area contributed by atoms with Gasteiger partial charge in [-0.25, -0.2) is 8.42 Å². The van der Waals surface area contributed by atoms with Crippen LogP contribution in [0.2, 0.25) is 0 Å². The van der Waals surface area contributed by atoms with E-state index >= 15 is 0 Å². The van der Waals surface area contributed by atoms with Crippen molar-refractivity contribution in [2.75, 3.05) is 0 Å². The molecular formula is C12H7BrF2N2O5S. The second-order valence-electron chi connectivity index (χ2n) is 4.28. The summed E-state index contributed by atoms with van der Waals surface area (Å²) >= 11 is 2.89. The van der Waals surface area contributed by atoms with Gasteiger partial charge in [0.1, 0.15) is 0 Å². The van der Waals surface area contributed by atoms with E-state index in [9.17, 15) is 32.1 Å². The first-order chi connectivity index (χ1) is 10.6. The lowest BCUT2D eigenvalue weighted by molar-refractivity contribution is -0.386. The van der Waals surface area contributed by atoms with E-state index < -0.39 is 36.5 Å². The van der Waals surface area contributed by atoms with Gasteiger partial charge in [-0.3, -0.25) is 14.9 Å². The van der Waals surface area contributed by atoms with E-state index in [0.29, 0.717) is 0 Å². The van der Waals surface area contributed by atoms with Crippen LogP contribution in [0, 0.1) is 10.1 Å². The number of nitrogens with zero attached hydrogens (tertiary/aromatic N) is 2. The van der Waals surface area contributed by atoms with Gasteiger partial charge >= 0.3 is 11.4 Å². The third kappa shape index (κ3) is 3.29. The van der Waals surface area contributed by atoms with Crippen molar-refractivity contribution in [2.45, 2.75) is 10.7 Å². The van der Waals surface area contributed by atoms with Gasteiger partial charge in [-0.05, 0) is 40.2 Å². The summed E-state index contributed by atoms with van der Waals surface area (Å²) in [6.07, 6.45) is 2.19. The lowest BCUT2D eigenvalue weighted by Gasteiger charge is -2.08. The molecule has 1 aromatic heterocycles. The molecule has 2 aromatic rings. The minimum Gasteiger partial charge on any atom is -0.316 e. The Balaban J connectivity index is 2.53. The molecule has 122 valence electrons. The zero-order valence-corrected chi connectivity index (χ0v) is 13.4. The highest BCUT2D eigenvalue weighted by molar-refractivity contribution is 9.10. The molecule has 0 fully saturated rings. The Labute approximate surface area is 136 Å². The molecule has 1 aromatic carbocycles. The van der Waals surface area contributed by atoms with Crippen molar-refractivity contribution in [2.24, 2.45) is 0 Å². The zero-order chi connectivity index (χ0) is 17.4. The molecule has 7 nitrogen and oxygen atoms in total.